The summed E-state index contributed by atoms with van der Waals surface area (Å²) in [6.45, 7) is 1.63. The molecule has 2 N–H and O–H groups in total. The Labute approximate surface area is 311 Å². The zero-order chi connectivity index (χ0) is 35.6. The van der Waals surface area contributed by atoms with Crippen LogP contribution in [0.1, 0.15) is 62.5 Å². The molecule has 0 saturated heterocycles. The van der Waals surface area contributed by atoms with Gasteiger partial charge in [0.05, 0.1) is 21.8 Å². The van der Waals surface area contributed by atoms with Gasteiger partial charge in [0.15, 0.2) is 6.54 Å². The maximum Gasteiger partial charge on any atom is 0.335 e. The molecule has 8 heteroatoms. The third-order valence-corrected chi connectivity index (χ3v) is 12.5. The fourth-order valence-corrected chi connectivity index (χ4v) is 9.78. The van der Waals surface area contributed by atoms with Gasteiger partial charge in [0.2, 0.25) is 5.52 Å². The minimum atomic E-state index is -0.900. The number of thiazole rings is 1. The number of carbonyl (C=O) groups is 2. The van der Waals surface area contributed by atoms with E-state index >= 15 is 0 Å². The summed E-state index contributed by atoms with van der Waals surface area (Å²) in [5.41, 5.74) is 9.48. The zero-order valence-corrected chi connectivity index (χ0v) is 30.3. The van der Waals surface area contributed by atoms with Crippen molar-refractivity contribution < 1.29 is 24.4 Å². The predicted molar refractivity (Wildman–Crippen MR) is 210 cm³/mol. The molecule has 2 heterocycles. The largest absolute Gasteiger partial charge is 0.478 e. The van der Waals surface area contributed by atoms with Gasteiger partial charge >= 0.3 is 11.9 Å². The Morgan fingerprint density at radius 2 is 1.44 bits per heavy atom. The van der Waals surface area contributed by atoms with Crippen LogP contribution in [0.3, 0.4) is 0 Å². The number of nitrogens with zero attached hydrogens (tertiary/aromatic N) is 2. The maximum absolute atomic E-state index is 11.3. The molecule has 3 aliphatic rings. The second-order valence-corrected chi connectivity index (χ2v) is 15.7. The molecule has 6 nitrogen and oxygen atoms in total. The lowest BCUT2D eigenvalue weighted by Crippen LogP contribution is -2.36. The van der Waals surface area contributed by atoms with Crippen LogP contribution in [0.4, 0.5) is 5.69 Å². The molecule has 260 valence electrons. The second kappa shape index (κ2) is 14.8. The molecule has 0 radical (unpaired) electrons. The number of aromatic nitrogens is 1. The number of carboxylic acids is 2. The third kappa shape index (κ3) is 7.27. The summed E-state index contributed by atoms with van der Waals surface area (Å²) in [6, 6.07) is 31.6. The number of para-hydroxylation sites is 2. The van der Waals surface area contributed by atoms with E-state index in [-0.39, 0.29) is 0 Å². The van der Waals surface area contributed by atoms with Gasteiger partial charge in [0.25, 0.3) is 5.01 Å². The van der Waals surface area contributed by atoms with Gasteiger partial charge in [-0.15, -0.1) is 0 Å². The quantitative estimate of drug-likeness (QED) is 0.140. The van der Waals surface area contributed by atoms with E-state index in [1.807, 2.05) is 47.4 Å². The Balaban J connectivity index is 1.04. The molecule has 8 rings (SSSR count). The fraction of sp³-hybridized carbons (Fsp3) is 0.205. The number of rotatable bonds is 10. The summed E-state index contributed by atoms with van der Waals surface area (Å²) in [7, 11) is 0. The average molecular weight is 724 g/mol. The number of benzene rings is 4. The van der Waals surface area contributed by atoms with Gasteiger partial charge in [-0.1, -0.05) is 83.8 Å². The summed E-state index contributed by atoms with van der Waals surface area (Å²) < 4.78 is 3.68. The number of hydrogen-bond acceptors (Lipinski definition) is 5. The molecule has 52 heavy (non-hydrogen) atoms. The summed E-state index contributed by atoms with van der Waals surface area (Å²) in [6.07, 6.45) is 15.7. The van der Waals surface area contributed by atoms with E-state index < -0.39 is 11.9 Å². The first kappa shape index (κ1) is 33.9. The van der Waals surface area contributed by atoms with Crippen molar-refractivity contribution in [2.24, 2.45) is 5.92 Å². The number of thioether (sulfide) groups is 1. The molecule has 0 fully saturated rings. The molecule has 4 aromatic carbocycles. The Morgan fingerprint density at radius 1 is 0.769 bits per heavy atom. The van der Waals surface area contributed by atoms with E-state index in [1.165, 1.54) is 47.6 Å². The van der Waals surface area contributed by atoms with Gasteiger partial charge in [0.1, 0.15) is 4.70 Å². The molecule has 2 aliphatic carbocycles. The first-order valence-electron chi connectivity index (χ1n) is 17.8. The van der Waals surface area contributed by atoms with Crippen molar-refractivity contribution in [3.8, 4) is 0 Å². The number of hydrogen-bond donors (Lipinski definition) is 2. The molecule has 1 atom stereocenters. The zero-order valence-electron chi connectivity index (χ0n) is 28.7. The Kier molecular flexibility index (Phi) is 9.67. The Morgan fingerprint density at radius 3 is 2.19 bits per heavy atom. The molecular weight excluding hydrogens is 685 g/mol. The van der Waals surface area contributed by atoms with Crippen LogP contribution in [0.2, 0.25) is 0 Å². The van der Waals surface area contributed by atoms with Gasteiger partial charge in [-0.3, -0.25) is 0 Å². The summed E-state index contributed by atoms with van der Waals surface area (Å²) in [5.74, 6) is -1.22. The maximum atomic E-state index is 11.3. The van der Waals surface area contributed by atoms with Crippen LogP contribution in [-0.4, -0.2) is 28.7 Å². The van der Waals surface area contributed by atoms with Gasteiger partial charge in [-0.2, -0.15) is 4.57 Å². The van der Waals surface area contributed by atoms with Crippen molar-refractivity contribution in [1.82, 2.24) is 0 Å². The van der Waals surface area contributed by atoms with Crippen LogP contribution in [-0.2, 0) is 19.4 Å². The lowest BCUT2D eigenvalue weighted by atomic mass is 9.77. The number of carboxylic acid groups (broad SMARTS) is 2. The molecular formula is C44H39N2O4S2+. The van der Waals surface area contributed by atoms with Crippen LogP contribution in [0.5, 0.6) is 0 Å². The lowest BCUT2D eigenvalue weighted by molar-refractivity contribution is -0.668. The van der Waals surface area contributed by atoms with Crippen LogP contribution < -0.4 is 9.47 Å². The highest BCUT2D eigenvalue weighted by molar-refractivity contribution is 8.03. The molecule has 0 amide bonds. The molecule has 5 aromatic rings. The smallest absolute Gasteiger partial charge is 0.335 e. The topological polar surface area (TPSA) is 81.7 Å². The van der Waals surface area contributed by atoms with Crippen LogP contribution in [0.25, 0.3) is 16.3 Å². The van der Waals surface area contributed by atoms with Gasteiger partial charge in [-0.05, 0) is 114 Å². The highest BCUT2D eigenvalue weighted by atomic mass is 32.2. The van der Waals surface area contributed by atoms with Gasteiger partial charge in [0, 0.05) is 30.0 Å². The molecule has 0 bridgehead atoms. The van der Waals surface area contributed by atoms with Crippen molar-refractivity contribution >= 4 is 57.0 Å². The SMILES string of the molecule is O=C(O)c1ccc(CCN2C(=CC3=CC4=CC(=Cc5sc6ccccc6[n+]5CCc5ccc(C(=O)O)cc5)CCC4CC3)Sc3ccccc32)cc1. The normalized spacial score (nSPS) is 18.3. The molecule has 0 spiro atoms. The number of fused-ring (bicyclic) bond motifs is 3. The van der Waals surface area contributed by atoms with E-state index in [9.17, 15) is 19.8 Å². The molecule has 1 aromatic heterocycles. The lowest BCUT2D eigenvalue weighted by Gasteiger charge is -2.29. The number of aryl methyl sites for hydroxylation is 2. The first-order chi connectivity index (χ1) is 25.4. The van der Waals surface area contributed by atoms with E-state index in [2.05, 4.69) is 82.3 Å². The third-order valence-electron chi connectivity index (χ3n) is 10.3. The van der Waals surface area contributed by atoms with Gasteiger partial charge < -0.3 is 15.1 Å². The Hall–Kier alpha value is -5.18. The second-order valence-electron chi connectivity index (χ2n) is 13.6. The molecule has 1 aliphatic heterocycles. The van der Waals surface area contributed by atoms with E-state index in [1.54, 1.807) is 24.3 Å². The van der Waals surface area contributed by atoms with E-state index in [0.717, 1.165) is 62.7 Å². The monoisotopic (exact) mass is 723 g/mol. The van der Waals surface area contributed by atoms with Crippen molar-refractivity contribution in [2.45, 2.75) is 50.0 Å². The predicted octanol–water partition coefficient (Wildman–Crippen LogP) is 9.96. The standard InChI is InChI=1S/C44H38N2O4S2/c47-43(48)34-17-9-29(10-18-34)21-23-45-37-5-1-3-7-39(37)51-41(45)27-31-13-15-33-16-14-32(26-36(33)25-31)28-42-46(38-6-2-4-8-40(38)52-42)24-22-30-11-19-35(20-12-30)44(49)50/h1-12,17-20,25-28,33H,13-16,21-24H2,(H-,47,48,49,50)/p+1. The number of anilines is 1. The van der Waals surface area contributed by atoms with Crippen LogP contribution in [0.15, 0.2) is 142 Å². The van der Waals surface area contributed by atoms with Gasteiger partial charge in [-0.25, -0.2) is 9.59 Å². The van der Waals surface area contributed by atoms with Crippen molar-refractivity contribution in [1.29, 1.82) is 0 Å². The number of allylic oxidation sites excluding steroid dienone is 6. The summed E-state index contributed by atoms with van der Waals surface area (Å²) in [4.78, 5) is 26.3. The highest BCUT2D eigenvalue weighted by Crippen LogP contribution is 2.47. The number of aromatic carboxylic acids is 2. The average Bonchev–Trinajstić information content (AvgIpc) is 3.69. The van der Waals surface area contributed by atoms with Crippen molar-refractivity contribution in [3.63, 3.8) is 0 Å². The van der Waals surface area contributed by atoms with Crippen LogP contribution >= 0.6 is 23.1 Å². The molecule has 1 unspecified atom stereocenters. The fourth-order valence-electron chi connectivity index (χ4n) is 7.45. The van der Waals surface area contributed by atoms with E-state index in [4.69, 9.17) is 0 Å². The first-order valence-corrected chi connectivity index (χ1v) is 19.5. The minimum Gasteiger partial charge on any atom is -0.478 e. The van der Waals surface area contributed by atoms with Crippen LogP contribution in [0, 0.1) is 5.92 Å². The Bertz CT molecular complexity index is 2300. The summed E-state index contributed by atoms with van der Waals surface area (Å²) in [5, 5.41) is 21.1. The summed E-state index contributed by atoms with van der Waals surface area (Å²) >= 11 is 3.66. The van der Waals surface area contributed by atoms with Crippen molar-refractivity contribution in [2.75, 3.05) is 11.4 Å². The minimum absolute atomic E-state index is 0.314. The highest BCUT2D eigenvalue weighted by Gasteiger charge is 2.28. The van der Waals surface area contributed by atoms with E-state index in [0.29, 0.717) is 17.0 Å². The van der Waals surface area contributed by atoms with Crippen molar-refractivity contribution in [3.05, 3.63) is 164 Å². The molecule has 0 saturated carbocycles.